The molecule has 3 aromatic carbocycles. The first-order valence-electron chi connectivity index (χ1n) is 17.1. The van der Waals surface area contributed by atoms with Gasteiger partial charge in [-0.2, -0.15) is 0 Å². The van der Waals surface area contributed by atoms with E-state index >= 15 is 0 Å². The van der Waals surface area contributed by atoms with E-state index in [4.69, 9.17) is 19.9 Å². The first-order valence-corrected chi connectivity index (χ1v) is 17.1. The third kappa shape index (κ3) is 9.39. The van der Waals surface area contributed by atoms with Crippen LogP contribution in [0.25, 0.3) is 0 Å². The smallest absolute Gasteiger partial charge is 0.321 e. The van der Waals surface area contributed by atoms with Gasteiger partial charge in [0.25, 0.3) is 5.91 Å². The molecule has 0 aliphatic carbocycles. The molecule has 0 radical (unpaired) electrons. The second kappa shape index (κ2) is 16.9. The lowest BCUT2D eigenvalue weighted by atomic mass is 9.99. The number of unbranched alkanes of at least 4 members (excludes halogenated alkanes) is 2. The Labute approximate surface area is 297 Å². The second-order valence-corrected chi connectivity index (χ2v) is 12.9. The summed E-state index contributed by atoms with van der Waals surface area (Å²) >= 11 is 0. The zero-order valence-electron chi connectivity index (χ0n) is 29.1. The number of nitrogens with one attached hydrogen (secondary N) is 3. The van der Waals surface area contributed by atoms with Gasteiger partial charge in [0, 0.05) is 44.1 Å². The topological polar surface area (TPSA) is 185 Å². The number of carbonyl (C=O) groups is 4. The fourth-order valence-electron chi connectivity index (χ4n) is 5.89. The number of rotatable bonds is 13. The Hall–Kier alpha value is -5.50. The highest BCUT2D eigenvalue weighted by molar-refractivity contribution is 6.01. The average Bonchev–Trinajstić information content (AvgIpc) is 3.58. The van der Waals surface area contributed by atoms with Crippen LogP contribution in [0.1, 0.15) is 56.3 Å². The van der Waals surface area contributed by atoms with Gasteiger partial charge in [0.05, 0.1) is 41.8 Å². The zero-order chi connectivity index (χ0) is 36.5. The predicted molar refractivity (Wildman–Crippen MR) is 193 cm³/mol. The lowest BCUT2D eigenvalue weighted by molar-refractivity contribution is -0.116. The Morgan fingerprint density at radius 1 is 0.941 bits per heavy atom. The molecule has 14 heteroatoms. The number of ether oxygens (including phenoxy) is 3. The van der Waals surface area contributed by atoms with Gasteiger partial charge in [-0.05, 0) is 56.2 Å². The SMILES string of the molecule is C[C@@H]1CN([C@H](C)CO)C(=O)c2cccc(NC(=O)CCCCCC(=O)Nc3ccccc3N)c2O[C@@H]1CN(C)C(=O)Nc1ccc2c(c1)OCO2. The normalized spacial score (nSPS) is 16.9. The highest BCUT2D eigenvalue weighted by atomic mass is 16.7. The van der Waals surface area contributed by atoms with Gasteiger partial charge in [0.2, 0.25) is 18.6 Å². The fraction of sp³-hybridized carbons (Fsp3) is 0.405. The molecular formula is C37H46N6O8. The molecule has 0 saturated heterocycles. The summed E-state index contributed by atoms with van der Waals surface area (Å²) in [4.78, 5) is 55.6. The van der Waals surface area contributed by atoms with E-state index in [0.29, 0.717) is 59.9 Å². The number of hydrogen-bond acceptors (Lipinski definition) is 9. The number of amides is 5. The lowest BCUT2D eigenvalue weighted by Gasteiger charge is -2.38. The molecule has 5 amide bonds. The van der Waals surface area contributed by atoms with Crippen molar-refractivity contribution < 1.29 is 38.5 Å². The van der Waals surface area contributed by atoms with E-state index < -0.39 is 12.1 Å². The third-order valence-electron chi connectivity index (χ3n) is 8.93. The van der Waals surface area contributed by atoms with Crippen LogP contribution in [0.2, 0.25) is 0 Å². The van der Waals surface area contributed by atoms with E-state index in [9.17, 15) is 24.3 Å². The molecule has 14 nitrogen and oxygen atoms in total. The van der Waals surface area contributed by atoms with E-state index in [1.54, 1.807) is 79.5 Å². The molecule has 0 unspecified atom stereocenters. The minimum Gasteiger partial charge on any atom is -0.485 e. The standard InChI is InChI=1S/C37H46N6O8/c1-23-19-43(24(2)21-44)36(47)26-10-9-13-29(41-34(46)15-6-4-5-14-33(45)40-28-12-8-7-11-27(28)38)35(26)51-32(23)20-42(3)37(48)39-25-16-17-30-31(18-25)50-22-49-30/h7-13,16-18,23-24,32,44H,4-6,14-15,19-22,38H2,1-3H3,(H,39,48)(H,40,45)(H,41,46)/t23-,24-,32-/m1/s1. The lowest BCUT2D eigenvalue weighted by Crippen LogP contribution is -2.50. The number of nitrogens with two attached hydrogens (primary N) is 1. The zero-order valence-corrected chi connectivity index (χ0v) is 29.1. The van der Waals surface area contributed by atoms with Gasteiger partial charge >= 0.3 is 6.03 Å². The Bertz CT molecular complexity index is 1730. The van der Waals surface area contributed by atoms with E-state index in [2.05, 4.69) is 16.0 Å². The minimum absolute atomic E-state index is 0.119. The van der Waals surface area contributed by atoms with Crippen LogP contribution in [0.5, 0.6) is 17.2 Å². The maximum atomic E-state index is 13.8. The number of nitrogen functional groups attached to an aromatic ring is 1. The molecular weight excluding hydrogens is 656 g/mol. The van der Waals surface area contributed by atoms with Crippen molar-refractivity contribution in [1.29, 1.82) is 0 Å². The summed E-state index contributed by atoms with van der Waals surface area (Å²) < 4.78 is 17.3. The molecule has 5 rings (SSSR count). The average molecular weight is 703 g/mol. The van der Waals surface area contributed by atoms with Crippen LogP contribution in [0.4, 0.5) is 27.5 Å². The summed E-state index contributed by atoms with van der Waals surface area (Å²) in [6, 6.07) is 16.3. The largest absolute Gasteiger partial charge is 0.485 e. The van der Waals surface area contributed by atoms with E-state index in [-0.39, 0.29) is 73.9 Å². The molecule has 0 bridgehead atoms. The van der Waals surface area contributed by atoms with Crippen LogP contribution in [0.3, 0.4) is 0 Å². The molecule has 0 aromatic heterocycles. The molecule has 2 aliphatic rings. The number of hydrogen-bond donors (Lipinski definition) is 5. The number of urea groups is 1. The first kappa shape index (κ1) is 36.8. The van der Waals surface area contributed by atoms with Crippen molar-refractivity contribution in [3.05, 3.63) is 66.2 Å². The number of fused-ring (bicyclic) bond motifs is 2. The molecule has 272 valence electrons. The Morgan fingerprint density at radius 2 is 1.63 bits per heavy atom. The van der Waals surface area contributed by atoms with Crippen LogP contribution in [-0.2, 0) is 9.59 Å². The van der Waals surface area contributed by atoms with Crippen LogP contribution in [0, 0.1) is 5.92 Å². The highest BCUT2D eigenvalue weighted by Gasteiger charge is 2.35. The van der Waals surface area contributed by atoms with Gasteiger partial charge < -0.3 is 50.8 Å². The number of aliphatic hydroxyl groups excluding tert-OH is 1. The summed E-state index contributed by atoms with van der Waals surface area (Å²) in [7, 11) is 1.64. The van der Waals surface area contributed by atoms with Crippen molar-refractivity contribution in [2.45, 2.75) is 58.1 Å². The molecule has 2 heterocycles. The molecule has 0 saturated carbocycles. The van der Waals surface area contributed by atoms with E-state index in [1.165, 1.54) is 4.90 Å². The van der Waals surface area contributed by atoms with Crippen LogP contribution in [-0.4, -0.2) is 84.3 Å². The number of nitrogens with zero attached hydrogens (tertiary/aromatic N) is 2. The van der Waals surface area contributed by atoms with Crippen molar-refractivity contribution in [3.63, 3.8) is 0 Å². The molecule has 3 atom stereocenters. The summed E-state index contributed by atoms with van der Waals surface area (Å²) in [5, 5.41) is 18.6. The number of benzene rings is 3. The van der Waals surface area contributed by atoms with Gasteiger partial charge in [0.1, 0.15) is 6.10 Å². The summed E-state index contributed by atoms with van der Waals surface area (Å²) in [6.07, 6.45) is 1.70. The van der Waals surface area contributed by atoms with Gasteiger partial charge in [0.15, 0.2) is 17.2 Å². The van der Waals surface area contributed by atoms with Gasteiger partial charge in [-0.3, -0.25) is 14.4 Å². The van der Waals surface area contributed by atoms with Gasteiger partial charge in [-0.25, -0.2) is 4.79 Å². The Balaban J connectivity index is 1.23. The summed E-state index contributed by atoms with van der Waals surface area (Å²) in [6.45, 7) is 3.98. The molecule has 0 fully saturated rings. The number of aliphatic hydroxyl groups is 1. The molecule has 2 aliphatic heterocycles. The first-order chi connectivity index (χ1) is 24.5. The maximum Gasteiger partial charge on any atom is 0.321 e. The van der Waals surface area contributed by atoms with Crippen molar-refractivity contribution in [1.82, 2.24) is 9.80 Å². The fourth-order valence-corrected chi connectivity index (χ4v) is 5.89. The van der Waals surface area contributed by atoms with Crippen LogP contribution < -0.4 is 35.9 Å². The number of likely N-dealkylation sites (N-methyl/N-ethyl adjacent to an activating group) is 1. The highest BCUT2D eigenvalue weighted by Crippen LogP contribution is 2.36. The third-order valence-corrected chi connectivity index (χ3v) is 8.93. The maximum absolute atomic E-state index is 13.8. The van der Waals surface area contributed by atoms with E-state index in [1.807, 2.05) is 6.92 Å². The van der Waals surface area contributed by atoms with Crippen molar-refractivity contribution in [2.75, 3.05) is 55.2 Å². The molecule has 51 heavy (non-hydrogen) atoms. The monoisotopic (exact) mass is 702 g/mol. The molecule has 6 N–H and O–H groups in total. The van der Waals surface area contributed by atoms with Crippen molar-refractivity contribution >= 4 is 46.5 Å². The number of anilines is 4. The minimum atomic E-state index is -0.590. The van der Waals surface area contributed by atoms with Crippen LogP contribution >= 0.6 is 0 Å². The van der Waals surface area contributed by atoms with Crippen LogP contribution in [0.15, 0.2) is 60.7 Å². The Morgan fingerprint density at radius 3 is 2.35 bits per heavy atom. The molecule has 3 aromatic rings. The number of carbonyl (C=O) groups excluding carboxylic acids is 4. The second-order valence-electron chi connectivity index (χ2n) is 12.9. The van der Waals surface area contributed by atoms with Crippen molar-refractivity contribution in [3.8, 4) is 17.2 Å². The quantitative estimate of drug-likeness (QED) is 0.122. The Kier molecular flexibility index (Phi) is 12.2. The van der Waals surface area contributed by atoms with E-state index in [0.717, 1.165) is 0 Å². The predicted octanol–water partition coefficient (Wildman–Crippen LogP) is 4.91. The van der Waals surface area contributed by atoms with Gasteiger partial charge in [-0.1, -0.05) is 31.5 Å². The summed E-state index contributed by atoms with van der Waals surface area (Å²) in [5.41, 5.74) is 8.06. The van der Waals surface area contributed by atoms with Crippen molar-refractivity contribution in [2.24, 2.45) is 5.92 Å². The molecule has 0 spiro atoms. The van der Waals surface area contributed by atoms with Gasteiger partial charge in [-0.15, -0.1) is 0 Å². The number of para-hydroxylation sites is 3. The summed E-state index contributed by atoms with van der Waals surface area (Å²) in [5.74, 6) is 0.321.